The first kappa shape index (κ1) is 19.7. The Morgan fingerprint density at radius 2 is 1.97 bits per heavy atom. The first-order chi connectivity index (χ1) is 14.9. The van der Waals surface area contributed by atoms with Crippen molar-refractivity contribution in [2.24, 2.45) is 5.92 Å². The molecular weight excluding hydrogens is 408 g/mol. The molecule has 1 aliphatic carbocycles. The number of nitrogens with zero attached hydrogens (tertiary/aromatic N) is 7. The lowest BCUT2D eigenvalue weighted by Gasteiger charge is -2.18. The van der Waals surface area contributed by atoms with Gasteiger partial charge in [-0.1, -0.05) is 0 Å². The number of imidazole rings is 1. The van der Waals surface area contributed by atoms with Crippen LogP contribution in [0.5, 0.6) is 5.88 Å². The number of aryl methyl sites for hydroxylation is 2. The van der Waals surface area contributed by atoms with Gasteiger partial charge in [-0.2, -0.15) is 4.98 Å². The van der Waals surface area contributed by atoms with Gasteiger partial charge in [0, 0.05) is 24.9 Å². The Morgan fingerprint density at radius 3 is 2.65 bits per heavy atom. The normalized spacial score (nSPS) is 20.4. The van der Waals surface area contributed by atoms with Crippen LogP contribution < -0.4 is 4.74 Å². The van der Waals surface area contributed by atoms with Crippen LogP contribution in [0.3, 0.4) is 0 Å². The summed E-state index contributed by atoms with van der Waals surface area (Å²) in [4.78, 5) is 34.8. The molecule has 2 fully saturated rings. The Labute approximate surface area is 176 Å². The van der Waals surface area contributed by atoms with Crippen molar-refractivity contribution in [3.8, 4) is 17.3 Å². The van der Waals surface area contributed by atoms with Gasteiger partial charge >= 0.3 is 5.92 Å². The summed E-state index contributed by atoms with van der Waals surface area (Å²) < 4.78 is 36.8. The van der Waals surface area contributed by atoms with E-state index in [2.05, 4.69) is 24.9 Å². The van der Waals surface area contributed by atoms with Crippen molar-refractivity contribution in [2.45, 2.75) is 45.3 Å². The number of carbonyl (C=O) groups is 1. The zero-order chi connectivity index (χ0) is 21.8. The van der Waals surface area contributed by atoms with Gasteiger partial charge in [-0.05, 0) is 26.7 Å². The fourth-order valence-corrected chi connectivity index (χ4v) is 3.80. The third-order valence-corrected chi connectivity index (χ3v) is 5.60. The average Bonchev–Trinajstić information content (AvgIpc) is 3.46. The van der Waals surface area contributed by atoms with Crippen molar-refractivity contribution in [1.82, 2.24) is 34.4 Å². The maximum absolute atomic E-state index is 14.6. The highest BCUT2D eigenvalue weighted by Crippen LogP contribution is 2.37. The largest absolute Gasteiger partial charge is 0.464 e. The second-order valence-corrected chi connectivity index (χ2v) is 7.91. The van der Waals surface area contributed by atoms with Crippen LogP contribution >= 0.6 is 0 Å². The van der Waals surface area contributed by atoms with Crippen LogP contribution in [0, 0.1) is 12.8 Å². The molecule has 162 valence electrons. The van der Waals surface area contributed by atoms with E-state index in [1.54, 1.807) is 19.3 Å². The molecule has 1 amide bonds. The quantitative estimate of drug-likeness (QED) is 0.613. The number of amides is 1. The summed E-state index contributed by atoms with van der Waals surface area (Å²) in [6, 6.07) is 0. The Hall–Kier alpha value is -3.24. The minimum atomic E-state index is -3.18. The third kappa shape index (κ3) is 3.47. The van der Waals surface area contributed by atoms with Crippen molar-refractivity contribution < 1.29 is 18.3 Å². The summed E-state index contributed by atoms with van der Waals surface area (Å²) in [6.07, 6.45) is 4.59. The summed E-state index contributed by atoms with van der Waals surface area (Å²) in [5.74, 6) is -2.39. The Balaban J connectivity index is 1.49. The molecule has 1 atom stereocenters. The van der Waals surface area contributed by atoms with E-state index >= 15 is 0 Å². The second-order valence-electron chi connectivity index (χ2n) is 7.91. The average molecular weight is 429 g/mol. The van der Waals surface area contributed by atoms with Crippen molar-refractivity contribution in [1.29, 1.82) is 0 Å². The van der Waals surface area contributed by atoms with Crippen molar-refractivity contribution >= 4 is 17.1 Å². The Morgan fingerprint density at radius 1 is 1.23 bits per heavy atom. The maximum atomic E-state index is 14.6. The first-order valence-electron chi connectivity index (χ1n) is 10.2. The molecule has 2 aliphatic rings. The zero-order valence-corrected chi connectivity index (χ0v) is 17.1. The van der Waals surface area contributed by atoms with Crippen molar-refractivity contribution in [3.05, 3.63) is 24.5 Å². The molecule has 9 nitrogen and oxygen atoms in total. The lowest BCUT2D eigenvalue weighted by molar-refractivity contribution is -0.133. The van der Waals surface area contributed by atoms with E-state index in [-0.39, 0.29) is 29.8 Å². The fraction of sp³-hybridized carbons (Fsp3) is 0.500. The number of fused-ring (bicyclic) bond motifs is 1. The van der Waals surface area contributed by atoms with Gasteiger partial charge in [-0.25, -0.2) is 28.7 Å². The summed E-state index contributed by atoms with van der Waals surface area (Å²) >= 11 is 0. The van der Waals surface area contributed by atoms with Crippen LogP contribution in [0.1, 0.15) is 25.6 Å². The van der Waals surface area contributed by atoms with Gasteiger partial charge in [0.05, 0.1) is 18.7 Å². The minimum Gasteiger partial charge on any atom is -0.464 e. The summed E-state index contributed by atoms with van der Waals surface area (Å²) in [5.41, 5.74) is 1.42. The van der Waals surface area contributed by atoms with E-state index in [1.807, 2.05) is 11.5 Å². The highest BCUT2D eigenvalue weighted by Gasteiger charge is 2.53. The summed E-state index contributed by atoms with van der Waals surface area (Å²) in [5, 5.41) is 0. The van der Waals surface area contributed by atoms with Crippen LogP contribution in [0.4, 0.5) is 8.78 Å². The maximum Gasteiger partial charge on any atom is 0.303 e. The molecule has 1 saturated carbocycles. The van der Waals surface area contributed by atoms with Gasteiger partial charge in [0.2, 0.25) is 11.8 Å². The monoisotopic (exact) mass is 429 g/mol. The number of hydrogen-bond donors (Lipinski definition) is 0. The number of halogens is 2. The summed E-state index contributed by atoms with van der Waals surface area (Å²) in [6.45, 7) is 3.43. The molecule has 3 aromatic heterocycles. The topological polar surface area (TPSA) is 98.9 Å². The zero-order valence-electron chi connectivity index (χ0n) is 17.1. The molecule has 3 aromatic rings. The molecule has 11 heteroatoms. The highest BCUT2D eigenvalue weighted by molar-refractivity contribution is 5.82. The number of rotatable bonds is 5. The predicted octanol–water partition coefficient (Wildman–Crippen LogP) is 2.25. The minimum absolute atomic E-state index is 0.0307. The lowest BCUT2D eigenvalue weighted by atomic mass is 10.2. The van der Waals surface area contributed by atoms with E-state index in [0.717, 1.165) is 12.8 Å². The van der Waals surface area contributed by atoms with Crippen LogP contribution in [-0.4, -0.2) is 65.4 Å². The van der Waals surface area contributed by atoms with Gasteiger partial charge < -0.3 is 14.2 Å². The van der Waals surface area contributed by atoms with Crippen molar-refractivity contribution in [2.75, 3.05) is 13.1 Å². The Bertz CT molecular complexity index is 1140. The molecule has 0 radical (unpaired) electrons. The summed E-state index contributed by atoms with van der Waals surface area (Å²) in [7, 11) is 0. The molecule has 0 aromatic carbocycles. The van der Waals surface area contributed by atoms with Gasteiger partial charge in [-0.3, -0.25) is 4.79 Å². The molecule has 0 N–H and O–H groups in total. The molecule has 1 aliphatic heterocycles. The molecule has 1 saturated heterocycles. The van der Waals surface area contributed by atoms with E-state index in [4.69, 9.17) is 4.74 Å². The number of carbonyl (C=O) groups excluding carboxylic acids is 1. The fourth-order valence-electron chi connectivity index (χ4n) is 3.80. The van der Waals surface area contributed by atoms with Crippen LogP contribution in [0.25, 0.3) is 22.6 Å². The van der Waals surface area contributed by atoms with E-state index in [1.165, 1.54) is 11.2 Å². The van der Waals surface area contributed by atoms with Gasteiger partial charge in [0.1, 0.15) is 18.0 Å². The Kier molecular flexibility index (Phi) is 4.56. The number of likely N-dealkylation sites (tertiary alicyclic amines) is 1. The van der Waals surface area contributed by atoms with E-state index < -0.39 is 18.6 Å². The van der Waals surface area contributed by atoms with Crippen LogP contribution in [0.15, 0.2) is 18.7 Å². The first-order valence-corrected chi connectivity index (χ1v) is 10.2. The van der Waals surface area contributed by atoms with E-state index in [9.17, 15) is 13.6 Å². The van der Waals surface area contributed by atoms with Gasteiger partial charge in [0.25, 0.3) is 0 Å². The molecule has 1 unspecified atom stereocenters. The molecule has 0 spiro atoms. The molecule has 31 heavy (non-hydrogen) atoms. The third-order valence-electron chi connectivity index (χ3n) is 5.60. The smallest absolute Gasteiger partial charge is 0.303 e. The predicted molar refractivity (Wildman–Crippen MR) is 105 cm³/mol. The van der Waals surface area contributed by atoms with Gasteiger partial charge in [-0.15, -0.1) is 0 Å². The SMILES string of the molecule is CCn1c(-c2cnc(C)nc2)nc2c(OC3CN(C(=O)C4CC4)CC3(F)F)ncnc21. The van der Waals surface area contributed by atoms with Gasteiger partial charge in [0.15, 0.2) is 17.3 Å². The molecule has 0 bridgehead atoms. The lowest BCUT2D eigenvalue weighted by Crippen LogP contribution is -2.36. The molecule has 4 heterocycles. The number of ether oxygens (including phenoxy) is 1. The standard InChI is InChI=1S/C20H21F2N7O2/c1-3-29-16(13-6-23-11(2)24-7-13)27-15-17(29)25-10-26-18(15)31-14-8-28(9-20(14,21)22)19(30)12-4-5-12/h6-7,10,12,14H,3-5,8-9H2,1-2H3. The second kappa shape index (κ2) is 7.17. The van der Waals surface area contributed by atoms with Crippen LogP contribution in [0.2, 0.25) is 0 Å². The number of alkyl halides is 2. The highest BCUT2D eigenvalue weighted by atomic mass is 19.3. The number of hydrogen-bond acceptors (Lipinski definition) is 7. The van der Waals surface area contributed by atoms with Crippen LogP contribution in [-0.2, 0) is 11.3 Å². The van der Waals surface area contributed by atoms with E-state index in [0.29, 0.717) is 29.4 Å². The number of aromatic nitrogens is 6. The van der Waals surface area contributed by atoms with Crippen molar-refractivity contribution in [3.63, 3.8) is 0 Å². The molecular formula is C20H21F2N7O2. The molecule has 5 rings (SSSR count).